The highest BCUT2D eigenvalue weighted by Crippen LogP contribution is 2.32. The van der Waals surface area contributed by atoms with Gasteiger partial charge in [0, 0.05) is 55.3 Å². The lowest BCUT2D eigenvalue weighted by Gasteiger charge is -2.29. The normalized spacial score (nSPS) is 13.5. The number of hydrogen-bond acceptors (Lipinski definition) is 6. The Hall–Kier alpha value is -2.73. The van der Waals surface area contributed by atoms with Crippen LogP contribution in [0.2, 0.25) is 5.02 Å². The highest BCUT2D eigenvalue weighted by atomic mass is 35.5. The molecular formula is C22H25ClN6. The van der Waals surface area contributed by atoms with Crippen LogP contribution in [0.15, 0.2) is 30.7 Å². The SMILES string of the molecule is Cc1cnc(-c2cc(N3CCc4nc(NC(C)C)ncc4C3)ncc2Cl)c(C)c1. The molecule has 6 nitrogen and oxygen atoms in total. The molecule has 0 bridgehead atoms. The summed E-state index contributed by atoms with van der Waals surface area (Å²) in [6.07, 6.45) is 6.36. The lowest BCUT2D eigenvalue weighted by Crippen LogP contribution is -2.32. The molecule has 29 heavy (non-hydrogen) atoms. The van der Waals surface area contributed by atoms with Gasteiger partial charge in [-0.3, -0.25) is 4.98 Å². The number of nitrogens with zero attached hydrogens (tertiary/aromatic N) is 5. The second-order valence-corrected chi connectivity index (χ2v) is 8.24. The van der Waals surface area contributed by atoms with Crippen molar-refractivity contribution in [1.29, 1.82) is 0 Å². The fourth-order valence-electron chi connectivity index (χ4n) is 3.62. The Labute approximate surface area is 176 Å². The number of hydrogen-bond donors (Lipinski definition) is 1. The van der Waals surface area contributed by atoms with Gasteiger partial charge in [-0.2, -0.15) is 0 Å². The van der Waals surface area contributed by atoms with Gasteiger partial charge in [0.05, 0.1) is 16.4 Å². The summed E-state index contributed by atoms with van der Waals surface area (Å²) in [7, 11) is 0. The first-order chi connectivity index (χ1) is 13.9. The third-order valence-electron chi connectivity index (χ3n) is 4.99. The molecule has 1 aliphatic heterocycles. The molecule has 0 amide bonds. The number of aryl methyl sites for hydroxylation is 2. The highest BCUT2D eigenvalue weighted by molar-refractivity contribution is 6.33. The Balaban J connectivity index is 1.62. The van der Waals surface area contributed by atoms with Crippen LogP contribution in [0.25, 0.3) is 11.3 Å². The lowest BCUT2D eigenvalue weighted by atomic mass is 10.0. The minimum Gasteiger partial charge on any atom is -0.352 e. The van der Waals surface area contributed by atoms with Crippen molar-refractivity contribution in [3.05, 3.63) is 58.1 Å². The zero-order valence-electron chi connectivity index (χ0n) is 17.2. The maximum atomic E-state index is 6.47. The van der Waals surface area contributed by atoms with E-state index in [9.17, 15) is 0 Å². The topological polar surface area (TPSA) is 66.8 Å². The van der Waals surface area contributed by atoms with Crippen molar-refractivity contribution in [2.75, 3.05) is 16.8 Å². The van der Waals surface area contributed by atoms with Gasteiger partial charge in [-0.25, -0.2) is 15.0 Å². The van der Waals surface area contributed by atoms with E-state index in [-0.39, 0.29) is 0 Å². The Kier molecular flexibility index (Phi) is 5.37. The number of nitrogens with one attached hydrogen (secondary N) is 1. The summed E-state index contributed by atoms with van der Waals surface area (Å²) in [5.74, 6) is 1.58. The van der Waals surface area contributed by atoms with E-state index in [0.29, 0.717) is 17.0 Å². The summed E-state index contributed by atoms with van der Waals surface area (Å²) in [4.78, 5) is 20.6. The van der Waals surface area contributed by atoms with Gasteiger partial charge in [0.1, 0.15) is 5.82 Å². The maximum absolute atomic E-state index is 6.47. The van der Waals surface area contributed by atoms with Crippen molar-refractivity contribution >= 4 is 23.4 Å². The summed E-state index contributed by atoms with van der Waals surface area (Å²) in [5.41, 5.74) is 6.28. The average Bonchev–Trinajstić information content (AvgIpc) is 2.68. The minimum atomic E-state index is 0.309. The van der Waals surface area contributed by atoms with E-state index in [4.69, 9.17) is 11.6 Å². The van der Waals surface area contributed by atoms with E-state index in [1.807, 2.05) is 25.4 Å². The monoisotopic (exact) mass is 408 g/mol. The lowest BCUT2D eigenvalue weighted by molar-refractivity contribution is 0.695. The zero-order valence-corrected chi connectivity index (χ0v) is 18.0. The molecule has 4 rings (SSSR count). The van der Waals surface area contributed by atoms with Gasteiger partial charge in [-0.1, -0.05) is 17.7 Å². The van der Waals surface area contributed by atoms with E-state index in [0.717, 1.165) is 59.0 Å². The van der Waals surface area contributed by atoms with Crippen LogP contribution in [0.4, 0.5) is 11.8 Å². The number of aromatic nitrogens is 4. The molecule has 7 heteroatoms. The van der Waals surface area contributed by atoms with E-state index in [1.165, 1.54) is 0 Å². The Morgan fingerprint density at radius 2 is 1.90 bits per heavy atom. The molecule has 0 aromatic carbocycles. The molecule has 1 N–H and O–H groups in total. The fourth-order valence-corrected chi connectivity index (χ4v) is 3.81. The van der Waals surface area contributed by atoms with Gasteiger partial charge >= 0.3 is 0 Å². The summed E-state index contributed by atoms with van der Waals surface area (Å²) < 4.78 is 0. The van der Waals surface area contributed by atoms with Gasteiger partial charge in [0.15, 0.2) is 0 Å². The molecule has 0 atom stereocenters. The number of halogens is 1. The van der Waals surface area contributed by atoms with Crippen LogP contribution >= 0.6 is 11.6 Å². The molecule has 0 saturated carbocycles. The Morgan fingerprint density at radius 1 is 1.07 bits per heavy atom. The van der Waals surface area contributed by atoms with E-state index in [2.05, 4.69) is 57.0 Å². The van der Waals surface area contributed by atoms with Crippen molar-refractivity contribution < 1.29 is 0 Å². The van der Waals surface area contributed by atoms with E-state index >= 15 is 0 Å². The Morgan fingerprint density at radius 3 is 2.66 bits per heavy atom. The van der Waals surface area contributed by atoms with Crippen molar-refractivity contribution in [2.24, 2.45) is 0 Å². The molecule has 0 aliphatic carbocycles. The molecular weight excluding hydrogens is 384 g/mol. The molecule has 0 fully saturated rings. The molecule has 0 radical (unpaired) electrons. The van der Waals surface area contributed by atoms with Gasteiger partial charge in [-0.05, 0) is 44.9 Å². The summed E-state index contributed by atoms with van der Waals surface area (Å²) in [6, 6.07) is 4.47. The fraction of sp³-hybridized carbons (Fsp3) is 0.364. The van der Waals surface area contributed by atoms with Crippen LogP contribution in [0.5, 0.6) is 0 Å². The summed E-state index contributed by atoms with van der Waals surface area (Å²) in [6.45, 7) is 9.84. The smallest absolute Gasteiger partial charge is 0.223 e. The van der Waals surface area contributed by atoms with Crippen LogP contribution < -0.4 is 10.2 Å². The Bertz CT molecular complexity index is 1050. The zero-order chi connectivity index (χ0) is 20.5. The number of fused-ring (bicyclic) bond motifs is 1. The van der Waals surface area contributed by atoms with Crippen molar-refractivity contribution in [3.63, 3.8) is 0 Å². The summed E-state index contributed by atoms with van der Waals surface area (Å²) >= 11 is 6.47. The predicted octanol–water partition coefficient (Wildman–Crippen LogP) is 4.59. The van der Waals surface area contributed by atoms with Crippen LogP contribution in [0.1, 0.15) is 36.2 Å². The molecule has 1 aliphatic rings. The van der Waals surface area contributed by atoms with E-state index in [1.54, 1.807) is 6.20 Å². The largest absolute Gasteiger partial charge is 0.352 e. The first kappa shape index (κ1) is 19.6. The van der Waals surface area contributed by atoms with Gasteiger partial charge in [0.2, 0.25) is 5.95 Å². The number of rotatable bonds is 4. The first-order valence-electron chi connectivity index (χ1n) is 9.86. The van der Waals surface area contributed by atoms with Crippen molar-refractivity contribution in [1.82, 2.24) is 19.9 Å². The van der Waals surface area contributed by atoms with Gasteiger partial charge < -0.3 is 10.2 Å². The van der Waals surface area contributed by atoms with Gasteiger partial charge in [-0.15, -0.1) is 0 Å². The van der Waals surface area contributed by atoms with Crippen molar-refractivity contribution in [3.8, 4) is 11.3 Å². The molecule has 4 heterocycles. The first-order valence-corrected chi connectivity index (χ1v) is 10.2. The highest BCUT2D eigenvalue weighted by Gasteiger charge is 2.21. The van der Waals surface area contributed by atoms with Gasteiger partial charge in [0.25, 0.3) is 0 Å². The van der Waals surface area contributed by atoms with Crippen LogP contribution in [0.3, 0.4) is 0 Å². The quantitative estimate of drug-likeness (QED) is 0.681. The molecule has 0 unspecified atom stereocenters. The molecule has 0 saturated heterocycles. The second kappa shape index (κ2) is 7.95. The molecule has 3 aromatic rings. The van der Waals surface area contributed by atoms with E-state index < -0.39 is 0 Å². The van der Waals surface area contributed by atoms with Crippen LogP contribution in [0, 0.1) is 13.8 Å². The van der Waals surface area contributed by atoms with Crippen LogP contribution in [-0.2, 0) is 13.0 Å². The third-order valence-corrected chi connectivity index (χ3v) is 5.29. The average molecular weight is 409 g/mol. The standard InChI is InChI=1S/C22H25ClN6/c1-13(2)27-22-26-10-16-12-29(6-5-19(16)28-22)20-8-17(18(23)11-24-20)21-15(4)7-14(3)9-25-21/h7-11,13H,5-6,12H2,1-4H3,(H,26,27,28). The maximum Gasteiger partial charge on any atom is 0.223 e. The second-order valence-electron chi connectivity index (χ2n) is 7.84. The predicted molar refractivity (Wildman–Crippen MR) is 117 cm³/mol. The number of anilines is 2. The van der Waals surface area contributed by atoms with Crippen molar-refractivity contribution in [2.45, 2.75) is 46.7 Å². The molecule has 0 spiro atoms. The molecule has 3 aromatic heterocycles. The molecule has 150 valence electrons. The minimum absolute atomic E-state index is 0.309. The summed E-state index contributed by atoms with van der Waals surface area (Å²) in [5, 5.41) is 3.88. The number of pyridine rings is 2. The van der Waals surface area contributed by atoms with Crippen LogP contribution in [-0.4, -0.2) is 32.5 Å². The third kappa shape index (κ3) is 4.17.